The zero-order chi connectivity index (χ0) is 4.41. The van der Waals surface area contributed by atoms with Gasteiger partial charge in [0.15, 0.2) is 0 Å². The molecule has 2 amide bonds. The lowest BCUT2D eigenvalue weighted by Crippen LogP contribution is -2.20. The van der Waals surface area contributed by atoms with Gasteiger partial charge in [-0.15, -0.1) is 0 Å². The predicted octanol–water partition coefficient (Wildman–Crippen LogP) is -0.548. The summed E-state index contributed by atoms with van der Waals surface area (Å²) >= 11 is 0. The Hall–Kier alpha value is -0.800. The first kappa shape index (κ1) is 6.20. The third-order valence-electron chi connectivity index (χ3n) is 0.696. The van der Waals surface area contributed by atoms with Crippen LogP contribution in [-0.4, -0.2) is 19.1 Å². The molecule has 1 fully saturated rings. The van der Waals surface area contributed by atoms with Crippen LogP contribution in [0, 0.1) is 0 Å². The summed E-state index contributed by atoms with van der Waals surface area (Å²) in [6.45, 7) is 1.55. The second-order valence-corrected chi connectivity index (χ2v) is 1.18. The smallest absolute Gasteiger partial charge is 0.314 e. The Morgan fingerprint density at radius 1 is 1.29 bits per heavy atom. The first-order valence-corrected chi connectivity index (χ1v) is 1.91. The van der Waals surface area contributed by atoms with Crippen LogP contribution >= 0.6 is 0 Å². The van der Waals surface area contributed by atoms with E-state index in [-0.39, 0.29) is 10.7 Å². The van der Waals surface area contributed by atoms with E-state index in [1.165, 1.54) is 0 Å². The van der Waals surface area contributed by atoms with Gasteiger partial charge >= 0.3 is 6.03 Å². The fourth-order valence-corrected chi connectivity index (χ4v) is 0.415. The molecular weight excluding hydrogens is 99.0 g/mol. The first-order valence-electron chi connectivity index (χ1n) is 1.91. The first-order chi connectivity index (χ1) is 2.89. The van der Waals surface area contributed by atoms with Gasteiger partial charge in [0, 0.05) is 13.1 Å². The van der Waals surface area contributed by atoms with Gasteiger partial charge in [-0.1, -0.05) is 0 Å². The molecule has 0 unspecified atom stereocenters. The number of halogens is 1. The Balaban J connectivity index is 0.000000360. The van der Waals surface area contributed by atoms with Crippen molar-refractivity contribution < 1.29 is 9.50 Å². The zero-order valence-corrected chi connectivity index (χ0v) is 3.73. The van der Waals surface area contributed by atoms with Crippen LogP contribution in [0.1, 0.15) is 0 Å². The maximum Gasteiger partial charge on any atom is 0.314 e. The van der Waals surface area contributed by atoms with Crippen LogP contribution in [0.2, 0.25) is 0 Å². The summed E-state index contributed by atoms with van der Waals surface area (Å²) in [7, 11) is 0. The topological polar surface area (TPSA) is 41.1 Å². The van der Waals surface area contributed by atoms with Gasteiger partial charge in [-0.05, 0) is 0 Å². The number of carbonyl (C=O) groups is 1. The minimum absolute atomic E-state index is 0. The molecule has 3 nitrogen and oxygen atoms in total. The number of hydrogen-bond acceptors (Lipinski definition) is 1. The van der Waals surface area contributed by atoms with Crippen molar-refractivity contribution in [3.05, 3.63) is 0 Å². The molecule has 1 aliphatic rings. The van der Waals surface area contributed by atoms with Crippen molar-refractivity contribution in [2.45, 2.75) is 0 Å². The molecule has 0 aromatic carbocycles. The molecule has 0 bridgehead atoms. The summed E-state index contributed by atoms with van der Waals surface area (Å²) in [5.74, 6) is 0. The minimum atomic E-state index is -0.0463. The molecule has 0 spiro atoms. The predicted molar refractivity (Wildman–Crippen MR) is 23.9 cm³/mol. The summed E-state index contributed by atoms with van der Waals surface area (Å²) < 4.78 is 0. The van der Waals surface area contributed by atoms with E-state index < -0.39 is 0 Å². The summed E-state index contributed by atoms with van der Waals surface area (Å²) in [4.78, 5) is 10.0. The van der Waals surface area contributed by atoms with E-state index in [0.717, 1.165) is 13.1 Å². The van der Waals surface area contributed by atoms with Gasteiger partial charge in [-0.25, -0.2) is 4.79 Å². The van der Waals surface area contributed by atoms with Crippen molar-refractivity contribution in [1.82, 2.24) is 10.6 Å². The van der Waals surface area contributed by atoms with Gasteiger partial charge in [-0.2, -0.15) is 0 Å². The second-order valence-electron chi connectivity index (χ2n) is 1.18. The van der Waals surface area contributed by atoms with Crippen molar-refractivity contribution in [2.75, 3.05) is 13.1 Å². The summed E-state index contributed by atoms with van der Waals surface area (Å²) in [5.41, 5.74) is 0. The molecule has 0 aromatic heterocycles. The average molecular weight is 106 g/mol. The number of nitrogens with one attached hydrogen (secondary N) is 2. The standard InChI is InChI=1S/C3H6N2O.FH/c6-3-4-1-2-5-3;/h1-2H2,(H2,4,5,6);1H. The SMILES string of the molecule is F.O=C1NCCN1. The Kier molecular flexibility index (Phi) is 2.11. The monoisotopic (exact) mass is 106 g/mol. The van der Waals surface area contributed by atoms with Crippen molar-refractivity contribution in [3.63, 3.8) is 0 Å². The molecule has 42 valence electrons. The van der Waals surface area contributed by atoms with Gasteiger partial charge in [-0.3, -0.25) is 4.70 Å². The average Bonchev–Trinajstić information content (AvgIpc) is 1.86. The van der Waals surface area contributed by atoms with Gasteiger partial charge in [0.25, 0.3) is 0 Å². The Bertz CT molecular complexity index is 67.3. The summed E-state index contributed by atoms with van der Waals surface area (Å²) in [6.07, 6.45) is 0. The van der Waals surface area contributed by atoms with Crippen LogP contribution in [0.15, 0.2) is 0 Å². The Labute approximate surface area is 40.5 Å². The summed E-state index contributed by atoms with van der Waals surface area (Å²) in [5, 5.41) is 5.14. The molecular formula is C3H7FN2O. The maximum absolute atomic E-state index is 10.0. The van der Waals surface area contributed by atoms with Crippen molar-refractivity contribution >= 4 is 6.03 Å². The van der Waals surface area contributed by atoms with Crippen LogP contribution in [0.3, 0.4) is 0 Å². The van der Waals surface area contributed by atoms with Crippen LogP contribution in [0.25, 0.3) is 0 Å². The minimum Gasteiger partial charge on any atom is -0.336 e. The van der Waals surface area contributed by atoms with Gasteiger partial charge < -0.3 is 10.6 Å². The molecule has 4 heteroatoms. The van der Waals surface area contributed by atoms with E-state index >= 15 is 0 Å². The van der Waals surface area contributed by atoms with E-state index in [1.807, 2.05) is 0 Å². The lowest BCUT2D eigenvalue weighted by molar-refractivity contribution is 0.248. The lowest BCUT2D eigenvalue weighted by Gasteiger charge is -1.80. The van der Waals surface area contributed by atoms with E-state index in [4.69, 9.17) is 0 Å². The highest BCUT2D eigenvalue weighted by atomic mass is 19.0. The summed E-state index contributed by atoms with van der Waals surface area (Å²) in [6, 6.07) is -0.0463. The highest BCUT2D eigenvalue weighted by molar-refractivity contribution is 5.75. The van der Waals surface area contributed by atoms with Crippen LogP contribution < -0.4 is 10.6 Å². The quantitative estimate of drug-likeness (QED) is 0.427. The molecule has 1 saturated heterocycles. The number of carbonyl (C=O) groups excluding carboxylic acids is 1. The molecule has 2 N–H and O–H groups in total. The fourth-order valence-electron chi connectivity index (χ4n) is 0.415. The zero-order valence-electron chi connectivity index (χ0n) is 3.73. The van der Waals surface area contributed by atoms with Gasteiger partial charge in [0.1, 0.15) is 0 Å². The number of rotatable bonds is 0. The lowest BCUT2D eigenvalue weighted by atomic mass is 10.7. The van der Waals surface area contributed by atoms with E-state index in [1.54, 1.807) is 0 Å². The highest BCUT2D eigenvalue weighted by Crippen LogP contribution is 1.69. The molecule has 1 rings (SSSR count). The van der Waals surface area contributed by atoms with Crippen LogP contribution in [0.5, 0.6) is 0 Å². The largest absolute Gasteiger partial charge is 0.336 e. The molecule has 1 aliphatic heterocycles. The number of amides is 2. The number of urea groups is 1. The molecule has 0 atom stereocenters. The van der Waals surface area contributed by atoms with E-state index in [9.17, 15) is 4.79 Å². The molecule has 1 heterocycles. The van der Waals surface area contributed by atoms with Gasteiger partial charge in [0.05, 0.1) is 0 Å². The van der Waals surface area contributed by atoms with Crippen molar-refractivity contribution in [3.8, 4) is 0 Å². The van der Waals surface area contributed by atoms with Crippen LogP contribution in [0.4, 0.5) is 9.50 Å². The third kappa shape index (κ3) is 1.39. The molecule has 0 saturated carbocycles. The van der Waals surface area contributed by atoms with Gasteiger partial charge in [0.2, 0.25) is 0 Å². The normalized spacial score (nSPS) is 16.9. The Morgan fingerprint density at radius 3 is 1.86 bits per heavy atom. The molecule has 0 aliphatic carbocycles. The number of hydrogen-bond donors (Lipinski definition) is 2. The van der Waals surface area contributed by atoms with E-state index in [2.05, 4.69) is 10.6 Å². The second kappa shape index (κ2) is 2.39. The molecule has 7 heavy (non-hydrogen) atoms. The molecule has 0 aromatic rings. The third-order valence-corrected chi connectivity index (χ3v) is 0.696. The highest BCUT2D eigenvalue weighted by Gasteiger charge is 2.02. The molecule has 0 radical (unpaired) electrons. The fraction of sp³-hybridized carbons (Fsp3) is 0.667. The van der Waals surface area contributed by atoms with E-state index in [0.29, 0.717) is 0 Å². The van der Waals surface area contributed by atoms with Crippen molar-refractivity contribution in [2.24, 2.45) is 0 Å². The maximum atomic E-state index is 10.0. The van der Waals surface area contributed by atoms with Crippen molar-refractivity contribution in [1.29, 1.82) is 0 Å². The van der Waals surface area contributed by atoms with Crippen LogP contribution in [-0.2, 0) is 0 Å². The Morgan fingerprint density at radius 2 is 1.71 bits per heavy atom.